The molecule has 0 aliphatic heterocycles. The average Bonchev–Trinajstić information content (AvgIpc) is 2.40. The standard InChI is InChI=1S/C15H25NO3/c1-13(10-18-2)8-16-9-15(17)12-19-11-14-6-4-3-5-7-14/h3-7,13,15-17H,8-12H2,1-2H3. The molecule has 0 radical (unpaired) electrons. The molecule has 1 aromatic rings. The van der Waals surface area contributed by atoms with Crippen LogP contribution >= 0.6 is 0 Å². The Morgan fingerprint density at radius 1 is 1.16 bits per heavy atom. The number of nitrogens with one attached hydrogen (secondary N) is 1. The van der Waals surface area contributed by atoms with Crippen LogP contribution in [0.1, 0.15) is 12.5 Å². The van der Waals surface area contributed by atoms with Crippen molar-refractivity contribution < 1.29 is 14.6 Å². The monoisotopic (exact) mass is 267 g/mol. The highest BCUT2D eigenvalue weighted by Crippen LogP contribution is 2.01. The number of aliphatic hydroxyl groups is 1. The zero-order chi connectivity index (χ0) is 13.9. The first-order valence-electron chi connectivity index (χ1n) is 6.71. The predicted molar refractivity (Wildman–Crippen MR) is 76.0 cm³/mol. The molecule has 0 bridgehead atoms. The van der Waals surface area contributed by atoms with E-state index in [0.717, 1.165) is 18.7 Å². The SMILES string of the molecule is COCC(C)CNCC(O)COCc1ccccc1. The summed E-state index contributed by atoms with van der Waals surface area (Å²) in [6.45, 7) is 5.10. The summed E-state index contributed by atoms with van der Waals surface area (Å²) < 4.78 is 10.5. The van der Waals surface area contributed by atoms with Gasteiger partial charge in [-0.3, -0.25) is 0 Å². The van der Waals surface area contributed by atoms with E-state index in [9.17, 15) is 5.11 Å². The summed E-state index contributed by atoms with van der Waals surface area (Å²) in [5.74, 6) is 0.447. The highest BCUT2D eigenvalue weighted by atomic mass is 16.5. The third kappa shape index (κ3) is 7.95. The number of aliphatic hydroxyl groups excluding tert-OH is 1. The zero-order valence-corrected chi connectivity index (χ0v) is 11.8. The van der Waals surface area contributed by atoms with Crippen LogP contribution in [0, 0.1) is 5.92 Å². The highest BCUT2D eigenvalue weighted by molar-refractivity contribution is 5.13. The lowest BCUT2D eigenvalue weighted by atomic mass is 10.2. The van der Waals surface area contributed by atoms with E-state index in [1.165, 1.54) is 0 Å². The van der Waals surface area contributed by atoms with Gasteiger partial charge in [-0.05, 0) is 18.0 Å². The Balaban J connectivity index is 2.03. The second kappa shape index (κ2) is 9.92. The molecule has 2 unspecified atom stereocenters. The second-order valence-corrected chi connectivity index (χ2v) is 4.87. The molecule has 0 aromatic heterocycles. The highest BCUT2D eigenvalue weighted by Gasteiger charge is 2.06. The van der Waals surface area contributed by atoms with Crippen molar-refractivity contribution in [1.29, 1.82) is 0 Å². The number of hydrogen-bond acceptors (Lipinski definition) is 4. The van der Waals surface area contributed by atoms with E-state index in [-0.39, 0.29) is 0 Å². The smallest absolute Gasteiger partial charge is 0.0897 e. The minimum atomic E-state index is -0.474. The van der Waals surface area contributed by atoms with Crippen molar-refractivity contribution in [3.05, 3.63) is 35.9 Å². The van der Waals surface area contributed by atoms with Crippen molar-refractivity contribution in [2.45, 2.75) is 19.6 Å². The Morgan fingerprint density at radius 3 is 2.58 bits per heavy atom. The van der Waals surface area contributed by atoms with E-state index in [0.29, 0.717) is 25.7 Å². The Hall–Kier alpha value is -0.940. The molecule has 0 spiro atoms. The van der Waals surface area contributed by atoms with E-state index in [1.54, 1.807) is 7.11 Å². The Morgan fingerprint density at radius 2 is 1.89 bits per heavy atom. The fourth-order valence-corrected chi connectivity index (χ4v) is 1.79. The molecule has 0 aliphatic rings. The third-order valence-electron chi connectivity index (χ3n) is 2.75. The van der Waals surface area contributed by atoms with Crippen LogP contribution in [-0.2, 0) is 16.1 Å². The largest absolute Gasteiger partial charge is 0.389 e. The normalized spacial score (nSPS) is 14.3. The summed E-state index contributed by atoms with van der Waals surface area (Å²) in [4.78, 5) is 0. The van der Waals surface area contributed by atoms with Crippen molar-refractivity contribution >= 4 is 0 Å². The first-order valence-corrected chi connectivity index (χ1v) is 6.71. The summed E-state index contributed by atoms with van der Waals surface area (Å²) in [6, 6.07) is 9.96. The van der Waals surface area contributed by atoms with Crippen molar-refractivity contribution in [2.24, 2.45) is 5.92 Å². The fraction of sp³-hybridized carbons (Fsp3) is 0.600. The van der Waals surface area contributed by atoms with Gasteiger partial charge in [-0.1, -0.05) is 37.3 Å². The lowest BCUT2D eigenvalue weighted by Gasteiger charge is -2.15. The van der Waals surface area contributed by atoms with Gasteiger partial charge in [0.05, 0.1) is 19.3 Å². The summed E-state index contributed by atoms with van der Waals surface area (Å²) in [5, 5.41) is 13.0. The van der Waals surface area contributed by atoms with Gasteiger partial charge >= 0.3 is 0 Å². The van der Waals surface area contributed by atoms with Gasteiger partial charge in [0.2, 0.25) is 0 Å². The predicted octanol–water partition coefficient (Wildman–Crippen LogP) is 1.44. The second-order valence-electron chi connectivity index (χ2n) is 4.87. The lowest BCUT2D eigenvalue weighted by Crippen LogP contribution is -2.33. The Kier molecular flexibility index (Phi) is 8.41. The summed E-state index contributed by atoms with van der Waals surface area (Å²) in [6.07, 6.45) is -0.474. The van der Waals surface area contributed by atoms with Crippen molar-refractivity contribution in [2.75, 3.05) is 33.4 Å². The van der Waals surface area contributed by atoms with Crippen LogP contribution in [0.3, 0.4) is 0 Å². The van der Waals surface area contributed by atoms with E-state index < -0.39 is 6.10 Å². The molecule has 0 amide bonds. The fourth-order valence-electron chi connectivity index (χ4n) is 1.79. The molecule has 2 atom stereocenters. The molecule has 0 saturated heterocycles. The molecule has 1 rings (SSSR count). The van der Waals surface area contributed by atoms with Crippen LogP contribution in [-0.4, -0.2) is 44.6 Å². The van der Waals surface area contributed by atoms with Gasteiger partial charge in [0.25, 0.3) is 0 Å². The number of rotatable bonds is 10. The van der Waals surface area contributed by atoms with Gasteiger partial charge in [0, 0.05) is 20.3 Å². The third-order valence-corrected chi connectivity index (χ3v) is 2.75. The van der Waals surface area contributed by atoms with Crippen molar-refractivity contribution in [3.63, 3.8) is 0 Å². The maximum absolute atomic E-state index is 9.75. The van der Waals surface area contributed by atoms with E-state index in [1.807, 2.05) is 30.3 Å². The van der Waals surface area contributed by atoms with Crippen LogP contribution in [0.4, 0.5) is 0 Å². The molecule has 19 heavy (non-hydrogen) atoms. The molecule has 108 valence electrons. The molecule has 4 heteroatoms. The van der Waals surface area contributed by atoms with E-state index in [2.05, 4.69) is 12.2 Å². The first-order chi connectivity index (χ1) is 9.22. The van der Waals surface area contributed by atoms with E-state index >= 15 is 0 Å². The van der Waals surface area contributed by atoms with Crippen LogP contribution in [0.2, 0.25) is 0 Å². The van der Waals surface area contributed by atoms with Gasteiger partial charge in [-0.2, -0.15) is 0 Å². The van der Waals surface area contributed by atoms with E-state index in [4.69, 9.17) is 9.47 Å². The Labute approximate surface area is 115 Å². The van der Waals surface area contributed by atoms with Gasteiger partial charge in [-0.15, -0.1) is 0 Å². The number of hydrogen-bond donors (Lipinski definition) is 2. The summed E-state index contributed by atoms with van der Waals surface area (Å²) in [7, 11) is 1.70. The lowest BCUT2D eigenvalue weighted by molar-refractivity contribution is 0.0281. The Bertz CT molecular complexity index is 318. The minimum absolute atomic E-state index is 0.348. The summed E-state index contributed by atoms with van der Waals surface area (Å²) in [5.41, 5.74) is 1.12. The first kappa shape index (κ1) is 16.1. The van der Waals surface area contributed by atoms with Crippen LogP contribution in [0.25, 0.3) is 0 Å². The van der Waals surface area contributed by atoms with Crippen LogP contribution < -0.4 is 5.32 Å². The van der Waals surface area contributed by atoms with Crippen molar-refractivity contribution in [1.82, 2.24) is 5.32 Å². The number of ether oxygens (including phenoxy) is 2. The van der Waals surface area contributed by atoms with Gasteiger partial charge in [-0.25, -0.2) is 0 Å². The topological polar surface area (TPSA) is 50.7 Å². The van der Waals surface area contributed by atoms with Crippen LogP contribution in [0.15, 0.2) is 30.3 Å². The molecule has 0 heterocycles. The number of benzene rings is 1. The number of methoxy groups -OCH3 is 1. The molecule has 0 fully saturated rings. The average molecular weight is 267 g/mol. The van der Waals surface area contributed by atoms with Crippen molar-refractivity contribution in [3.8, 4) is 0 Å². The maximum Gasteiger partial charge on any atom is 0.0897 e. The molecule has 0 saturated carbocycles. The van der Waals surface area contributed by atoms with Gasteiger partial charge < -0.3 is 19.9 Å². The maximum atomic E-state index is 9.75. The molecular formula is C15H25NO3. The molecule has 0 aliphatic carbocycles. The summed E-state index contributed by atoms with van der Waals surface area (Å²) >= 11 is 0. The van der Waals surface area contributed by atoms with Gasteiger partial charge in [0.1, 0.15) is 0 Å². The van der Waals surface area contributed by atoms with Gasteiger partial charge in [0.15, 0.2) is 0 Å². The molecule has 2 N–H and O–H groups in total. The molecule has 4 nitrogen and oxygen atoms in total. The molecular weight excluding hydrogens is 242 g/mol. The molecule has 1 aromatic carbocycles. The zero-order valence-electron chi connectivity index (χ0n) is 11.8. The quantitative estimate of drug-likeness (QED) is 0.673. The minimum Gasteiger partial charge on any atom is -0.389 e. The van der Waals surface area contributed by atoms with Crippen LogP contribution in [0.5, 0.6) is 0 Å².